The van der Waals surface area contributed by atoms with E-state index in [0.29, 0.717) is 16.9 Å². The first-order valence-corrected chi connectivity index (χ1v) is 6.11. The fraction of sp³-hybridized carbons (Fsp3) is 0.0667. The first-order valence-electron chi connectivity index (χ1n) is 6.11. The number of hydrogen-bond donors (Lipinski definition) is 1. The van der Waals surface area contributed by atoms with Gasteiger partial charge in [0, 0.05) is 23.6 Å². The first-order chi connectivity index (χ1) is 9.69. The number of nitrogen functional groups attached to an aromatic ring is 1. The van der Waals surface area contributed by atoms with Crippen LogP contribution in [0.2, 0.25) is 0 Å². The number of benzene rings is 1. The van der Waals surface area contributed by atoms with Crippen LogP contribution >= 0.6 is 0 Å². The third-order valence-electron chi connectivity index (χ3n) is 3.09. The predicted octanol–water partition coefficient (Wildman–Crippen LogP) is 2.37. The van der Waals surface area contributed by atoms with E-state index in [2.05, 4.69) is 4.98 Å². The Balaban J connectivity index is 2.15. The lowest BCUT2D eigenvalue weighted by molar-refractivity contribution is 0.0602. The van der Waals surface area contributed by atoms with E-state index in [-0.39, 0.29) is 0 Å². The van der Waals surface area contributed by atoms with Gasteiger partial charge in [-0.05, 0) is 24.3 Å². The standard InChI is InChI=1S/C15H13N3O2/c1-20-15(19)12-3-2-8-18-9-13(17-14(12)18)10-4-6-11(16)7-5-10/h2-9H,16H2,1H3. The van der Waals surface area contributed by atoms with Crippen molar-refractivity contribution in [2.45, 2.75) is 0 Å². The molecule has 3 rings (SSSR count). The molecule has 0 saturated heterocycles. The number of methoxy groups -OCH3 is 1. The Morgan fingerprint density at radius 3 is 2.70 bits per heavy atom. The number of nitrogens with two attached hydrogens (primary N) is 1. The third kappa shape index (κ3) is 1.99. The van der Waals surface area contributed by atoms with Crippen LogP contribution in [-0.2, 0) is 4.74 Å². The topological polar surface area (TPSA) is 69.6 Å². The summed E-state index contributed by atoms with van der Waals surface area (Å²) in [4.78, 5) is 16.2. The van der Waals surface area contributed by atoms with E-state index in [9.17, 15) is 4.79 Å². The highest BCUT2D eigenvalue weighted by Crippen LogP contribution is 2.22. The van der Waals surface area contributed by atoms with Crippen LogP contribution < -0.4 is 5.73 Å². The van der Waals surface area contributed by atoms with Gasteiger partial charge in [0.15, 0.2) is 5.65 Å². The zero-order valence-electron chi connectivity index (χ0n) is 10.9. The van der Waals surface area contributed by atoms with E-state index in [4.69, 9.17) is 10.5 Å². The van der Waals surface area contributed by atoms with Crippen molar-refractivity contribution in [1.82, 2.24) is 9.38 Å². The fourth-order valence-corrected chi connectivity index (χ4v) is 2.08. The van der Waals surface area contributed by atoms with Gasteiger partial charge in [-0.15, -0.1) is 0 Å². The maximum Gasteiger partial charge on any atom is 0.341 e. The Kier molecular flexibility index (Phi) is 2.87. The lowest BCUT2D eigenvalue weighted by atomic mass is 10.1. The van der Waals surface area contributed by atoms with Gasteiger partial charge < -0.3 is 14.9 Å². The van der Waals surface area contributed by atoms with Crippen LogP contribution in [0.15, 0.2) is 48.8 Å². The number of esters is 1. The largest absolute Gasteiger partial charge is 0.465 e. The Hall–Kier alpha value is -2.82. The number of ether oxygens (including phenoxy) is 1. The average Bonchev–Trinajstić information content (AvgIpc) is 2.91. The number of aromatic nitrogens is 2. The van der Waals surface area contributed by atoms with Crippen LogP contribution in [0.5, 0.6) is 0 Å². The zero-order valence-corrected chi connectivity index (χ0v) is 10.9. The van der Waals surface area contributed by atoms with Crippen molar-refractivity contribution in [1.29, 1.82) is 0 Å². The molecule has 0 aliphatic carbocycles. The molecule has 0 unspecified atom stereocenters. The molecule has 1 aromatic carbocycles. The molecule has 0 spiro atoms. The molecule has 0 aliphatic rings. The second kappa shape index (κ2) is 4.70. The zero-order chi connectivity index (χ0) is 14.1. The Labute approximate surface area is 115 Å². The lowest BCUT2D eigenvalue weighted by Crippen LogP contribution is -2.03. The number of imidazole rings is 1. The molecule has 5 heteroatoms. The first kappa shape index (κ1) is 12.2. The number of nitrogens with zero attached hydrogens (tertiary/aromatic N) is 2. The molecule has 0 aliphatic heterocycles. The maximum absolute atomic E-state index is 11.7. The molecule has 0 radical (unpaired) electrons. The van der Waals surface area contributed by atoms with Gasteiger partial charge in [-0.25, -0.2) is 9.78 Å². The van der Waals surface area contributed by atoms with E-state index in [0.717, 1.165) is 11.3 Å². The summed E-state index contributed by atoms with van der Waals surface area (Å²) in [7, 11) is 1.36. The molecule has 0 bridgehead atoms. The van der Waals surface area contributed by atoms with Gasteiger partial charge in [0.1, 0.15) is 5.56 Å². The number of hydrogen-bond acceptors (Lipinski definition) is 4. The summed E-state index contributed by atoms with van der Waals surface area (Å²) < 4.78 is 6.57. The Bertz CT molecular complexity index is 775. The second-order valence-electron chi connectivity index (χ2n) is 4.39. The van der Waals surface area contributed by atoms with Crippen molar-refractivity contribution in [2.24, 2.45) is 0 Å². The Morgan fingerprint density at radius 1 is 1.25 bits per heavy atom. The molecular weight excluding hydrogens is 254 g/mol. The highest BCUT2D eigenvalue weighted by atomic mass is 16.5. The van der Waals surface area contributed by atoms with E-state index >= 15 is 0 Å². The van der Waals surface area contributed by atoms with E-state index in [1.165, 1.54) is 7.11 Å². The fourth-order valence-electron chi connectivity index (χ4n) is 2.08. The minimum atomic E-state index is -0.398. The minimum Gasteiger partial charge on any atom is -0.465 e. The second-order valence-corrected chi connectivity index (χ2v) is 4.39. The number of fused-ring (bicyclic) bond motifs is 1. The molecule has 2 N–H and O–H groups in total. The number of carbonyl (C=O) groups excluding carboxylic acids is 1. The van der Waals surface area contributed by atoms with Crippen LogP contribution in [0, 0.1) is 0 Å². The normalized spacial score (nSPS) is 10.7. The van der Waals surface area contributed by atoms with E-state index in [1.807, 2.05) is 36.7 Å². The van der Waals surface area contributed by atoms with Crippen molar-refractivity contribution < 1.29 is 9.53 Å². The highest BCUT2D eigenvalue weighted by Gasteiger charge is 2.13. The molecule has 0 atom stereocenters. The number of anilines is 1. The maximum atomic E-state index is 11.7. The number of carbonyl (C=O) groups is 1. The molecule has 2 heterocycles. The van der Waals surface area contributed by atoms with Gasteiger partial charge in [0.05, 0.1) is 12.8 Å². The summed E-state index contributed by atoms with van der Waals surface area (Å²) in [5, 5.41) is 0. The minimum absolute atomic E-state index is 0.398. The monoisotopic (exact) mass is 267 g/mol. The quantitative estimate of drug-likeness (QED) is 0.571. The Morgan fingerprint density at radius 2 is 2.00 bits per heavy atom. The summed E-state index contributed by atoms with van der Waals surface area (Å²) >= 11 is 0. The van der Waals surface area contributed by atoms with Crippen LogP contribution in [0.4, 0.5) is 5.69 Å². The van der Waals surface area contributed by atoms with Crippen LogP contribution in [-0.4, -0.2) is 22.5 Å². The van der Waals surface area contributed by atoms with Crippen LogP contribution in [0.1, 0.15) is 10.4 Å². The highest BCUT2D eigenvalue weighted by molar-refractivity contribution is 5.96. The molecule has 20 heavy (non-hydrogen) atoms. The molecule has 5 nitrogen and oxygen atoms in total. The van der Waals surface area contributed by atoms with Gasteiger partial charge in [-0.2, -0.15) is 0 Å². The van der Waals surface area contributed by atoms with E-state index in [1.54, 1.807) is 16.5 Å². The van der Waals surface area contributed by atoms with Crippen LogP contribution in [0.25, 0.3) is 16.9 Å². The molecule has 3 aromatic rings. The number of rotatable bonds is 2. The molecular formula is C15H13N3O2. The number of pyridine rings is 1. The molecule has 0 amide bonds. The van der Waals surface area contributed by atoms with Crippen molar-refractivity contribution in [3.8, 4) is 11.3 Å². The molecule has 0 fully saturated rings. The van der Waals surface area contributed by atoms with Crippen molar-refractivity contribution >= 4 is 17.3 Å². The lowest BCUT2D eigenvalue weighted by Gasteiger charge is -2.00. The van der Waals surface area contributed by atoms with Gasteiger partial charge in [0.25, 0.3) is 0 Å². The smallest absolute Gasteiger partial charge is 0.341 e. The molecule has 100 valence electrons. The van der Waals surface area contributed by atoms with Crippen molar-refractivity contribution in [3.05, 3.63) is 54.4 Å². The summed E-state index contributed by atoms with van der Waals surface area (Å²) in [5.74, 6) is -0.398. The van der Waals surface area contributed by atoms with E-state index < -0.39 is 5.97 Å². The van der Waals surface area contributed by atoms with Crippen LogP contribution in [0.3, 0.4) is 0 Å². The summed E-state index contributed by atoms with van der Waals surface area (Å²) in [5.41, 5.74) is 9.12. The molecule has 0 saturated carbocycles. The van der Waals surface area contributed by atoms with Gasteiger partial charge in [-0.1, -0.05) is 12.1 Å². The molecule has 2 aromatic heterocycles. The van der Waals surface area contributed by atoms with Gasteiger partial charge >= 0.3 is 5.97 Å². The predicted molar refractivity (Wildman–Crippen MR) is 76.4 cm³/mol. The average molecular weight is 267 g/mol. The summed E-state index contributed by atoms with van der Waals surface area (Å²) in [6.07, 6.45) is 3.71. The SMILES string of the molecule is COC(=O)c1cccn2cc(-c3ccc(N)cc3)nc12. The summed E-state index contributed by atoms with van der Waals surface area (Å²) in [6.45, 7) is 0. The summed E-state index contributed by atoms with van der Waals surface area (Å²) in [6, 6.07) is 10.9. The van der Waals surface area contributed by atoms with Gasteiger partial charge in [0.2, 0.25) is 0 Å². The van der Waals surface area contributed by atoms with Gasteiger partial charge in [-0.3, -0.25) is 0 Å². The third-order valence-corrected chi connectivity index (χ3v) is 3.09. The van der Waals surface area contributed by atoms with Crippen molar-refractivity contribution in [2.75, 3.05) is 12.8 Å². The van der Waals surface area contributed by atoms with Crippen molar-refractivity contribution in [3.63, 3.8) is 0 Å².